The fourth-order valence-corrected chi connectivity index (χ4v) is 9.61. The number of aliphatic hydroxyl groups is 3. The Balaban J connectivity index is 3.58. The Labute approximate surface area is 431 Å². The number of aliphatic hydroxyl groups excluding tert-OH is 3. The second-order valence-corrected chi connectivity index (χ2v) is 21.3. The Hall–Kier alpha value is -1.69. The molecule has 0 heterocycles. The number of allylic oxidation sites excluding steroid dienone is 7. The van der Waals surface area contributed by atoms with Gasteiger partial charge < -0.3 is 20.6 Å². The van der Waals surface area contributed by atoms with Crippen LogP contribution in [-0.4, -0.2) is 46.1 Å². The predicted octanol–water partition coefficient (Wildman–Crippen LogP) is 19.6. The lowest BCUT2D eigenvalue weighted by molar-refractivity contribution is -0.124. The zero-order valence-corrected chi connectivity index (χ0v) is 46.5. The van der Waals surface area contributed by atoms with E-state index in [0.717, 1.165) is 38.5 Å². The van der Waals surface area contributed by atoms with Gasteiger partial charge in [0.05, 0.1) is 31.3 Å². The molecule has 0 aliphatic carbocycles. The second-order valence-electron chi connectivity index (χ2n) is 21.3. The molecule has 5 heteroatoms. The largest absolute Gasteiger partial charge is 0.394 e. The standard InChI is InChI=1S/C64H121NO4/c1-3-5-7-9-11-13-15-17-19-21-23-25-27-29-30-31-32-33-34-35-37-39-41-43-45-47-49-51-53-55-57-61(67)59-64(69)65-62(60-66)63(68)58-56-54-52-50-48-46-44-42-40-38-36-28-26-24-22-20-18-16-14-12-10-8-6-4-2/h29-30,40,42,48,50,56,58,61-63,66-68H,3-28,31-39,41,43-47,49,51-55,57,59-60H2,1-2H3,(H,65,69)/b30-29-,42-40+,50-48+,58-56+. The highest BCUT2D eigenvalue weighted by atomic mass is 16.3. The van der Waals surface area contributed by atoms with Crippen molar-refractivity contribution in [3.63, 3.8) is 0 Å². The van der Waals surface area contributed by atoms with Crippen LogP contribution in [0.4, 0.5) is 0 Å². The molecule has 0 aromatic carbocycles. The van der Waals surface area contributed by atoms with E-state index >= 15 is 0 Å². The second kappa shape index (κ2) is 58.9. The van der Waals surface area contributed by atoms with Crippen LogP contribution in [0.25, 0.3) is 0 Å². The van der Waals surface area contributed by atoms with E-state index in [1.54, 1.807) is 6.08 Å². The van der Waals surface area contributed by atoms with Gasteiger partial charge in [-0.15, -0.1) is 0 Å². The summed E-state index contributed by atoms with van der Waals surface area (Å²) in [5.41, 5.74) is 0. The van der Waals surface area contributed by atoms with Crippen molar-refractivity contribution < 1.29 is 20.1 Å². The highest BCUT2D eigenvalue weighted by molar-refractivity contribution is 5.76. The average Bonchev–Trinajstić information content (AvgIpc) is 3.35. The minimum Gasteiger partial charge on any atom is -0.394 e. The van der Waals surface area contributed by atoms with Gasteiger partial charge in [0.25, 0.3) is 0 Å². The van der Waals surface area contributed by atoms with Gasteiger partial charge in [-0.05, 0) is 70.6 Å². The summed E-state index contributed by atoms with van der Waals surface area (Å²) in [7, 11) is 0. The number of unbranched alkanes of at least 4 members (excludes halogenated alkanes) is 42. The van der Waals surface area contributed by atoms with Crippen molar-refractivity contribution in [3.8, 4) is 0 Å². The summed E-state index contributed by atoms with van der Waals surface area (Å²) in [6.07, 6.45) is 79.0. The summed E-state index contributed by atoms with van der Waals surface area (Å²) in [5.74, 6) is -0.325. The van der Waals surface area contributed by atoms with E-state index in [2.05, 4.69) is 55.6 Å². The maximum Gasteiger partial charge on any atom is 0.222 e. The van der Waals surface area contributed by atoms with Crippen LogP contribution in [0.3, 0.4) is 0 Å². The summed E-state index contributed by atoms with van der Waals surface area (Å²) in [6, 6.07) is -0.769. The number of nitrogens with one attached hydrogen (secondary N) is 1. The number of carbonyl (C=O) groups excluding carboxylic acids is 1. The fourth-order valence-electron chi connectivity index (χ4n) is 9.61. The first kappa shape index (κ1) is 67.3. The summed E-state index contributed by atoms with van der Waals surface area (Å²) in [4.78, 5) is 12.5. The molecule has 0 bridgehead atoms. The zero-order chi connectivity index (χ0) is 50.0. The van der Waals surface area contributed by atoms with Crippen molar-refractivity contribution in [1.82, 2.24) is 5.32 Å². The summed E-state index contributed by atoms with van der Waals surface area (Å²) < 4.78 is 0. The maximum atomic E-state index is 12.5. The lowest BCUT2D eigenvalue weighted by atomic mass is 10.0. The molecule has 0 aliphatic heterocycles. The van der Waals surface area contributed by atoms with Crippen LogP contribution in [0.2, 0.25) is 0 Å². The quantitative estimate of drug-likeness (QED) is 0.0361. The van der Waals surface area contributed by atoms with E-state index in [4.69, 9.17) is 0 Å². The lowest BCUT2D eigenvalue weighted by Gasteiger charge is -2.21. The van der Waals surface area contributed by atoms with Crippen molar-refractivity contribution in [2.75, 3.05) is 6.61 Å². The highest BCUT2D eigenvalue weighted by Crippen LogP contribution is 2.17. The van der Waals surface area contributed by atoms with E-state index in [-0.39, 0.29) is 18.9 Å². The smallest absolute Gasteiger partial charge is 0.222 e. The third kappa shape index (κ3) is 55.5. The first-order valence-corrected chi connectivity index (χ1v) is 30.9. The van der Waals surface area contributed by atoms with Crippen molar-refractivity contribution in [3.05, 3.63) is 48.6 Å². The molecule has 0 saturated heterocycles. The molecular formula is C64H121NO4. The Kier molecular flexibility index (Phi) is 57.4. The fraction of sp³-hybridized carbons (Fsp3) is 0.859. The van der Waals surface area contributed by atoms with Gasteiger partial charge in [0.15, 0.2) is 0 Å². The van der Waals surface area contributed by atoms with Crippen LogP contribution in [0.15, 0.2) is 48.6 Å². The molecule has 0 rings (SSSR count). The van der Waals surface area contributed by atoms with Crippen molar-refractivity contribution in [2.45, 2.75) is 347 Å². The molecule has 406 valence electrons. The molecule has 0 spiro atoms. The molecule has 0 radical (unpaired) electrons. The van der Waals surface area contributed by atoms with Crippen LogP contribution < -0.4 is 5.32 Å². The first-order chi connectivity index (χ1) is 34.0. The van der Waals surface area contributed by atoms with E-state index in [9.17, 15) is 20.1 Å². The van der Waals surface area contributed by atoms with Gasteiger partial charge in [-0.25, -0.2) is 0 Å². The molecule has 0 saturated carbocycles. The summed E-state index contributed by atoms with van der Waals surface area (Å²) >= 11 is 0. The van der Waals surface area contributed by atoms with Crippen molar-refractivity contribution in [1.29, 1.82) is 0 Å². The van der Waals surface area contributed by atoms with Crippen LogP contribution in [0.5, 0.6) is 0 Å². The molecule has 0 fully saturated rings. The summed E-state index contributed by atoms with van der Waals surface area (Å²) in [5, 5.41) is 33.5. The van der Waals surface area contributed by atoms with Gasteiger partial charge in [0, 0.05) is 0 Å². The molecule has 0 aliphatic rings. The third-order valence-corrected chi connectivity index (χ3v) is 14.3. The van der Waals surface area contributed by atoms with Crippen LogP contribution in [-0.2, 0) is 4.79 Å². The zero-order valence-electron chi connectivity index (χ0n) is 46.5. The van der Waals surface area contributed by atoms with Crippen LogP contribution in [0.1, 0.15) is 328 Å². The first-order valence-electron chi connectivity index (χ1n) is 30.9. The van der Waals surface area contributed by atoms with E-state index in [0.29, 0.717) is 6.42 Å². The number of amides is 1. The van der Waals surface area contributed by atoms with Crippen molar-refractivity contribution >= 4 is 5.91 Å². The number of hydrogen-bond acceptors (Lipinski definition) is 4. The van der Waals surface area contributed by atoms with E-state index < -0.39 is 18.2 Å². The van der Waals surface area contributed by atoms with E-state index in [1.165, 1.54) is 263 Å². The molecule has 5 nitrogen and oxygen atoms in total. The predicted molar refractivity (Wildman–Crippen MR) is 305 cm³/mol. The van der Waals surface area contributed by atoms with Gasteiger partial charge in [-0.2, -0.15) is 0 Å². The normalized spacial score (nSPS) is 13.5. The minimum absolute atomic E-state index is 0.00327. The summed E-state index contributed by atoms with van der Waals surface area (Å²) in [6.45, 7) is 4.24. The number of hydrogen-bond donors (Lipinski definition) is 4. The molecular weight excluding hydrogens is 847 g/mol. The van der Waals surface area contributed by atoms with Gasteiger partial charge in [0.1, 0.15) is 0 Å². The van der Waals surface area contributed by atoms with Crippen LogP contribution >= 0.6 is 0 Å². The van der Waals surface area contributed by atoms with Crippen LogP contribution in [0, 0.1) is 0 Å². The molecule has 4 N–H and O–H groups in total. The third-order valence-electron chi connectivity index (χ3n) is 14.3. The highest BCUT2D eigenvalue weighted by Gasteiger charge is 2.20. The maximum absolute atomic E-state index is 12.5. The Bertz CT molecular complexity index is 1110. The van der Waals surface area contributed by atoms with Gasteiger partial charge in [-0.3, -0.25) is 4.79 Å². The number of rotatable bonds is 57. The number of carbonyl (C=O) groups is 1. The lowest BCUT2D eigenvalue weighted by Crippen LogP contribution is -2.45. The molecule has 69 heavy (non-hydrogen) atoms. The Morgan fingerprint density at radius 1 is 0.362 bits per heavy atom. The molecule has 3 atom stereocenters. The SMILES string of the molecule is CCCCCCCCCCCCCC/C=C\CCCCCCCCCCCCCCCCC(O)CC(=O)NC(CO)C(O)/C=C/CC/C=C/CC/C=C/CCCCCCCCCCCCCCCC. The van der Waals surface area contributed by atoms with Gasteiger partial charge in [0.2, 0.25) is 5.91 Å². The molecule has 1 amide bonds. The van der Waals surface area contributed by atoms with E-state index in [1.807, 2.05) is 6.08 Å². The Morgan fingerprint density at radius 3 is 0.928 bits per heavy atom. The monoisotopic (exact) mass is 968 g/mol. The topological polar surface area (TPSA) is 89.8 Å². The average molecular weight is 969 g/mol. The van der Waals surface area contributed by atoms with Gasteiger partial charge in [-0.1, -0.05) is 300 Å². The molecule has 0 aromatic heterocycles. The Morgan fingerprint density at radius 2 is 0.623 bits per heavy atom. The molecule has 0 aromatic rings. The van der Waals surface area contributed by atoms with Gasteiger partial charge >= 0.3 is 0 Å². The molecule has 3 unspecified atom stereocenters. The van der Waals surface area contributed by atoms with Crippen molar-refractivity contribution in [2.24, 2.45) is 0 Å². The minimum atomic E-state index is -0.962.